The minimum atomic E-state index is -0.283. The summed E-state index contributed by atoms with van der Waals surface area (Å²) in [7, 11) is 0. The van der Waals surface area contributed by atoms with E-state index in [0.717, 1.165) is 12.2 Å². The maximum absolute atomic E-state index is 12.2. The summed E-state index contributed by atoms with van der Waals surface area (Å²) in [5.74, 6) is 0.0120. The highest BCUT2D eigenvalue weighted by Gasteiger charge is 2.37. The molecule has 1 atom stereocenters. The average Bonchev–Trinajstić information content (AvgIpc) is 2.25. The lowest BCUT2D eigenvalue weighted by atomic mass is 9.96. The van der Waals surface area contributed by atoms with E-state index in [1.807, 2.05) is 13.8 Å². The fourth-order valence-corrected chi connectivity index (χ4v) is 2.76. The predicted molar refractivity (Wildman–Crippen MR) is 78.3 cm³/mol. The van der Waals surface area contributed by atoms with Crippen LogP contribution in [0.25, 0.3) is 0 Å². The molecule has 1 heterocycles. The monoisotopic (exact) mass is 261 g/mol. The van der Waals surface area contributed by atoms with Gasteiger partial charge in [0.15, 0.2) is 0 Å². The van der Waals surface area contributed by atoms with E-state index >= 15 is 0 Å². The van der Waals surface area contributed by atoms with E-state index in [9.17, 15) is 4.79 Å². The molecule has 0 bridgehead atoms. The van der Waals surface area contributed by atoms with Crippen LogP contribution in [0.15, 0.2) is 18.2 Å². The lowest BCUT2D eigenvalue weighted by molar-refractivity contribution is -0.125. The molecule has 1 aliphatic rings. The maximum atomic E-state index is 12.2. The van der Waals surface area contributed by atoms with Gasteiger partial charge in [-0.2, -0.15) is 0 Å². The van der Waals surface area contributed by atoms with Gasteiger partial charge in [-0.3, -0.25) is 4.79 Å². The van der Waals surface area contributed by atoms with Crippen molar-refractivity contribution in [2.75, 3.05) is 18.0 Å². The Bertz CT molecular complexity index is 476. The van der Waals surface area contributed by atoms with Gasteiger partial charge in [-0.1, -0.05) is 6.07 Å². The highest BCUT2D eigenvalue weighted by atomic mass is 16.2. The Morgan fingerprint density at radius 1 is 1.32 bits per heavy atom. The van der Waals surface area contributed by atoms with E-state index < -0.39 is 0 Å². The molecule has 1 unspecified atom stereocenters. The van der Waals surface area contributed by atoms with Gasteiger partial charge in [-0.05, 0) is 51.0 Å². The van der Waals surface area contributed by atoms with Crippen LogP contribution >= 0.6 is 0 Å². The topological polar surface area (TPSA) is 58.4 Å². The number of hydrogen-bond acceptors (Lipinski definition) is 3. The van der Waals surface area contributed by atoms with Crippen molar-refractivity contribution in [3.8, 4) is 0 Å². The number of carbonyl (C=O) groups excluding carboxylic acids is 1. The van der Waals surface area contributed by atoms with Crippen LogP contribution in [-0.4, -0.2) is 30.6 Å². The molecule has 104 valence electrons. The summed E-state index contributed by atoms with van der Waals surface area (Å²) in [5, 5.41) is 3.02. The van der Waals surface area contributed by atoms with Gasteiger partial charge in [0.05, 0.1) is 5.54 Å². The maximum Gasteiger partial charge on any atom is 0.244 e. The molecule has 4 heteroatoms. The van der Waals surface area contributed by atoms with Crippen LogP contribution < -0.4 is 16.0 Å². The summed E-state index contributed by atoms with van der Waals surface area (Å²) in [5.41, 5.74) is 9.03. The molecular formula is C15H23N3O. The Morgan fingerprint density at radius 2 is 1.89 bits per heavy atom. The Labute approximate surface area is 115 Å². The standard InChI is InChI=1S/C15H23N3O/c1-10-5-11(2)7-12(6-10)18-9-15(3,4)17-14(19)13(18)8-16/h5-7,13H,8-9,16H2,1-4H3,(H,17,19). The van der Waals surface area contributed by atoms with Crippen molar-refractivity contribution in [1.29, 1.82) is 0 Å². The van der Waals surface area contributed by atoms with Crippen LogP contribution in [0.5, 0.6) is 0 Å². The lowest BCUT2D eigenvalue weighted by Gasteiger charge is -2.44. The molecule has 19 heavy (non-hydrogen) atoms. The first kappa shape index (κ1) is 13.9. The normalized spacial score (nSPS) is 22.3. The van der Waals surface area contributed by atoms with E-state index in [1.54, 1.807) is 0 Å². The van der Waals surface area contributed by atoms with Crippen LogP contribution in [0.3, 0.4) is 0 Å². The first-order valence-electron chi connectivity index (χ1n) is 6.69. The number of amides is 1. The van der Waals surface area contributed by atoms with Crippen molar-refractivity contribution in [3.05, 3.63) is 29.3 Å². The van der Waals surface area contributed by atoms with E-state index in [4.69, 9.17) is 5.73 Å². The van der Waals surface area contributed by atoms with Gasteiger partial charge in [0.1, 0.15) is 6.04 Å². The lowest BCUT2D eigenvalue weighted by Crippen LogP contribution is -2.66. The number of hydrogen-bond donors (Lipinski definition) is 2. The highest BCUT2D eigenvalue weighted by molar-refractivity contribution is 5.87. The van der Waals surface area contributed by atoms with Crippen molar-refractivity contribution in [2.45, 2.75) is 39.3 Å². The molecule has 2 rings (SSSR count). The minimum absolute atomic E-state index is 0.0120. The molecule has 4 nitrogen and oxygen atoms in total. The summed E-state index contributed by atoms with van der Waals surface area (Å²) in [6, 6.07) is 6.08. The highest BCUT2D eigenvalue weighted by Crippen LogP contribution is 2.25. The van der Waals surface area contributed by atoms with Gasteiger partial charge in [0.25, 0.3) is 0 Å². The molecule has 1 fully saturated rings. The summed E-state index contributed by atoms with van der Waals surface area (Å²) < 4.78 is 0. The Kier molecular flexibility index (Phi) is 3.54. The third kappa shape index (κ3) is 2.89. The Morgan fingerprint density at radius 3 is 2.42 bits per heavy atom. The Balaban J connectivity index is 2.41. The van der Waals surface area contributed by atoms with Gasteiger partial charge in [-0.15, -0.1) is 0 Å². The molecule has 0 saturated carbocycles. The number of benzene rings is 1. The summed E-state index contributed by atoms with van der Waals surface area (Å²) >= 11 is 0. The third-order valence-electron chi connectivity index (χ3n) is 3.47. The average molecular weight is 261 g/mol. The minimum Gasteiger partial charge on any atom is -0.356 e. The number of aryl methyl sites for hydroxylation is 2. The number of anilines is 1. The van der Waals surface area contributed by atoms with Crippen LogP contribution in [0.2, 0.25) is 0 Å². The second kappa shape index (κ2) is 4.85. The van der Waals surface area contributed by atoms with Gasteiger partial charge < -0.3 is 16.0 Å². The van der Waals surface area contributed by atoms with Gasteiger partial charge in [0.2, 0.25) is 5.91 Å². The van der Waals surface area contributed by atoms with Gasteiger partial charge in [0, 0.05) is 18.8 Å². The molecule has 0 aliphatic carbocycles. The summed E-state index contributed by atoms with van der Waals surface area (Å²) in [4.78, 5) is 14.3. The van der Waals surface area contributed by atoms with E-state index in [1.165, 1.54) is 11.1 Å². The SMILES string of the molecule is Cc1cc(C)cc(N2CC(C)(C)NC(=O)C2CN)c1. The molecule has 0 spiro atoms. The number of rotatable bonds is 2. The van der Waals surface area contributed by atoms with Crippen LogP contribution in [-0.2, 0) is 4.79 Å². The number of nitrogens with zero attached hydrogens (tertiary/aromatic N) is 1. The van der Waals surface area contributed by atoms with Crippen molar-refractivity contribution in [3.63, 3.8) is 0 Å². The third-order valence-corrected chi connectivity index (χ3v) is 3.47. The van der Waals surface area contributed by atoms with Crippen molar-refractivity contribution >= 4 is 11.6 Å². The molecule has 1 aromatic carbocycles. The smallest absolute Gasteiger partial charge is 0.244 e. The molecule has 1 amide bonds. The predicted octanol–water partition coefficient (Wildman–Crippen LogP) is 1.35. The van der Waals surface area contributed by atoms with Crippen molar-refractivity contribution < 1.29 is 4.79 Å². The molecule has 3 N–H and O–H groups in total. The molecular weight excluding hydrogens is 238 g/mol. The fourth-order valence-electron chi connectivity index (χ4n) is 2.76. The quantitative estimate of drug-likeness (QED) is 0.845. The zero-order chi connectivity index (χ0) is 14.2. The first-order valence-corrected chi connectivity index (χ1v) is 6.69. The second-order valence-electron chi connectivity index (χ2n) is 6.10. The molecule has 0 aromatic heterocycles. The first-order chi connectivity index (χ1) is 8.82. The van der Waals surface area contributed by atoms with Gasteiger partial charge in [-0.25, -0.2) is 0 Å². The molecule has 1 aliphatic heterocycles. The Hall–Kier alpha value is -1.55. The second-order valence-corrected chi connectivity index (χ2v) is 6.10. The fraction of sp³-hybridized carbons (Fsp3) is 0.533. The summed E-state index contributed by atoms with van der Waals surface area (Å²) in [6.45, 7) is 9.31. The van der Waals surface area contributed by atoms with E-state index in [-0.39, 0.29) is 17.5 Å². The summed E-state index contributed by atoms with van der Waals surface area (Å²) in [6.07, 6.45) is 0. The number of carbonyl (C=O) groups is 1. The number of nitrogens with two attached hydrogens (primary N) is 1. The van der Waals surface area contributed by atoms with E-state index in [2.05, 4.69) is 42.3 Å². The molecule has 1 saturated heterocycles. The van der Waals surface area contributed by atoms with E-state index in [0.29, 0.717) is 6.54 Å². The van der Waals surface area contributed by atoms with Crippen molar-refractivity contribution in [2.24, 2.45) is 5.73 Å². The number of piperazine rings is 1. The zero-order valence-electron chi connectivity index (χ0n) is 12.2. The van der Waals surface area contributed by atoms with Crippen LogP contribution in [0, 0.1) is 13.8 Å². The number of nitrogens with one attached hydrogen (secondary N) is 1. The largest absolute Gasteiger partial charge is 0.356 e. The molecule has 1 aromatic rings. The molecule has 0 radical (unpaired) electrons. The van der Waals surface area contributed by atoms with Gasteiger partial charge >= 0.3 is 0 Å². The van der Waals surface area contributed by atoms with Crippen LogP contribution in [0.4, 0.5) is 5.69 Å². The zero-order valence-corrected chi connectivity index (χ0v) is 12.2. The van der Waals surface area contributed by atoms with Crippen molar-refractivity contribution in [1.82, 2.24) is 5.32 Å². The van der Waals surface area contributed by atoms with Crippen LogP contribution in [0.1, 0.15) is 25.0 Å².